The minimum absolute atomic E-state index is 0.00606. The van der Waals surface area contributed by atoms with Gasteiger partial charge in [0.25, 0.3) is 0 Å². The Bertz CT molecular complexity index is 4750. The van der Waals surface area contributed by atoms with Crippen LogP contribution in [0.3, 0.4) is 0 Å². The maximum atomic E-state index is 2.77. The molecule has 0 saturated heterocycles. The van der Waals surface area contributed by atoms with Crippen LogP contribution in [0.25, 0.3) is 88.3 Å². The summed E-state index contributed by atoms with van der Waals surface area (Å²) < 4.78 is 0. The summed E-state index contributed by atoms with van der Waals surface area (Å²) in [6, 6.07) is 82.3. The van der Waals surface area contributed by atoms with Crippen molar-refractivity contribution in [2.75, 3.05) is 4.90 Å². The van der Waals surface area contributed by atoms with Crippen LogP contribution in [0.2, 0.25) is 0 Å². The van der Waals surface area contributed by atoms with Crippen molar-refractivity contribution in [2.45, 2.75) is 271 Å². The summed E-state index contributed by atoms with van der Waals surface area (Å²) in [5.74, 6) is 0. The van der Waals surface area contributed by atoms with Crippen LogP contribution in [-0.4, -0.2) is 0 Å². The molecule has 4 aliphatic rings. The zero-order chi connectivity index (χ0) is 72.5. The van der Waals surface area contributed by atoms with Crippen molar-refractivity contribution in [3.05, 3.63) is 256 Å². The predicted molar refractivity (Wildman–Crippen MR) is 456 cm³/mol. The maximum absolute atomic E-state index is 2.77. The van der Waals surface area contributed by atoms with Gasteiger partial charge >= 0.3 is 0 Å². The van der Waals surface area contributed by atoms with E-state index in [1.54, 1.807) is 27.8 Å². The van der Waals surface area contributed by atoms with Crippen molar-refractivity contribution >= 4 is 38.6 Å². The Morgan fingerprint density at radius 3 is 0.943 bits per heavy atom. The van der Waals surface area contributed by atoms with Crippen molar-refractivity contribution in [3.63, 3.8) is 0 Å². The normalized spacial score (nSPS) is 14.8. The lowest BCUT2D eigenvalue weighted by Gasteiger charge is -2.36. The number of fused-ring (bicyclic) bond motifs is 14. The van der Waals surface area contributed by atoms with Crippen molar-refractivity contribution in [1.82, 2.24) is 0 Å². The molecule has 11 aromatic carbocycles. The molecule has 0 heterocycles. The number of unbranched alkanes of at least 4 members (excludes halogenated alkanes) is 12. The second kappa shape index (κ2) is 30.9. The molecule has 0 saturated carbocycles. The molecule has 1 nitrogen and oxygen atoms in total. The van der Waals surface area contributed by atoms with Crippen LogP contribution in [0.1, 0.15) is 291 Å². The minimum atomic E-state index is -0.199. The van der Waals surface area contributed by atoms with E-state index >= 15 is 0 Å². The van der Waals surface area contributed by atoms with Gasteiger partial charge in [-0.05, 0) is 240 Å². The Hall–Kier alpha value is -8.26. The first-order chi connectivity index (χ1) is 51.5. The van der Waals surface area contributed by atoms with Crippen molar-refractivity contribution < 1.29 is 0 Å². The van der Waals surface area contributed by atoms with Gasteiger partial charge in [-0.1, -0.05) is 353 Å². The lowest BCUT2D eigenvalue weighted by atomic mass is 9.70. The summed E-state index contributed by atoms with van der Waals surface area (Å²) in [6.07, 6.45) is 33.6. The average Bonchev–Trinajstić information content (AvgIpc) is 1.63. The summed E-state index contributed by atoms with van der Waals surface area (Å²) in [5.41, 5.74) is 35.6. The second-order valence-electron chi connectivity index (χ2n) is 33.1. The first-order valence-corrected chi connectivity index (χ1v) is 42.3. The number of aryl methyl sites for hydroxylation is 2. The molecule has 11 aromatic rings. The van der Waals surface area contributed by atoms with E-state index in [9.17, 15) is 0 Å². The Labute approximate surface area is 632 Å². The van der Waals surface area contributed by atoms with Crippen molar-refractivity contribution in [3.8, 4) is 66.8 Å². The van der Waals surface area contributed by atoms with E-state index in [1.807, 2.05) is 0 Å². The highest BCUT2D eigenvalue weighted by molar-refractivity contribution is 6.23. The Morgan fingerprint density at radius 1 is 0.219 bits per heavy atom. The Morgan fingerprint density at radius 2 is 0.533 bits per heavy atom. The summed E-state index contributed by atoms with van der Waals surface area (Å²) in [5, 5.41) is 5.36. The molecule has 1 heteroatoms. The smallest absolute Gasteiger partial charge is 0.0465 e. The third-order valence-corrected chi connectivity index (χ3v) is 26.6. The van der Waals surface area contributed by atoms with Gasteiger partial charge in [-0.3, -0.25) is 0 Å². The Balaban J connectivity index is 0.948. The molecule has 540 valence electrons. The van der Waals surface area contributed by atoms with Crippen molar-refractivity contribution in [1.29, 1.82) is 0 Å². The third kappa shape index (κ3) is 12.4. The fourth-order valence-corrected chi connectivity index (χ4v) is 21.4. The third-order valence-electron chi connectivity index (χ3n) is 26.6. The van der Waals surface area contributed by atoms with Crippen LogP contribution in [0.15, 0.2) is 200 Å². The predicted octanol–water partition coefficient (Wildman–Crippen LogP) is 31.6. The summed E-state index contributed by atoms with van der Waals surface area (Å²) >= 11 is 0. The highest BCUT2D eigenvalue weighted by Crippen LogP contribution is 2.63. The van der Waals surface area contributed by atoms with Crippen LogP contribution >= 0.6 is 0 Å². The highest BCUT2D eigenvalue weighted by Gasteiger charge is 2.48. The SMILES string of the molecule is CCCCCCC1(CCCCCC)c2cc(-c3c4ccccc4c(-c4cccc5c4-c4ccccc4C5(CCCC)CCCC)c4ccccc34)ccc2-c2ccc(N(c3ccc4c(c3)C(CCCC)(CCCC)c3cc(C)ccc3-4)c3ccc4c(c3)C(CCCC)(CCCC)c3cc(C)ccc3-4)cc21. The number of benzene rings is 11. The molecule has 0 fully saturated rings. The molecule has 0 bridgehead atoms. The number of hydrogen-bond acceptors (Lipinski definition) is 1. The molecule has 0 atom stereocenters. The highest BCUT2D eigenvalue weighted by atomic mass is 15.1. The van der Waals surface area contributed by atoms with Gasteiger partial charge in [-0.25, -0.2) is 0 Å². The summed E-state index contributed by atoms with van der Waals surface area (Å²) in [6.45, 7) is 23.7. The zero-order valence-electron chi connectivity index (χ0n) is 65.8. The van der Waals surface area contributed by atoms with Crippen LogP contribution in [-0.2, 0) is 21.7 Å². The van der Waals surface area contributed by atoms with E-state index in [0.717, 1.165) is 12.8 Å². The number of rotatable bonds is 33. The molecule has 0 spiro atoms. The molecule has 0 unspecified atom stereocenters. The lowest BCUT2D eigenvalue weighted by Crippen LogP contribution is -2.27. The largest absolute Gasteiger partial charge is 0.310 e. The van der Waals surface area contributed by atoms with E-state index in [2.05, 4.69) is 274 Å². The van der Waals surface area contributed by atoms with E-state index in [-0.39, 0.29) is 21.7 Å². The first-order valence-electron chi connectivity index (χ1n) is 42.3. The quantitative estimate of drug-likeness (QED) is 0.0293. The van der Waals surface area contributed by atoms with E-state index in [1.165, 1.54) is 300 Å². The topological polar surface area (TPSA) is 3.24 Å². The average molecular weight is 1380 g/mol. The van der Waals surface area contributed by atoms with Gasteiger partial charge in [0, 0.05) is 38.7 Å². The van der Waals surface area contributed by atoms with Gasteiger partial charge in [-0.2, -0.15) is 0 Å². The molecule has 0 aromatic heterocycles. The maximum Gasteiger partial charge on any atom is 0.0465 e. The fourth-order valence-electron chi connectivity index (χ4n) is 21.4. The second-order valence-corrected chi connectivity index (χ2v) is 33.1. The van der Waals surface area contributed by atoms with Gasteiger partial charge in [0.05, 0.1) is 0 Å². The monoisotopic (exact) mass is 1380 g/mol. The summed E-state index contributed by atoms with van der Waals surface area (Å²) in [7, 11) is 0. The first kappa shape index (κ1) is 72.3. The number of anilines is 3. The zero-order valence-corrected chi connectivity index (χ0v) is 65.8. The van der Waals surface area contributed by atoms with E-state index in [0.29, 0.717) is 0 Å². The van der Waals surface area contributed by atoms with E-state index in [4.69, 9.17) is 0 Å². The van der Waals surface area contributed by atoms with Crippen LogP contribution in [0.4, 0.5) is 17.1 Å². The van der Waals surface area contributed by atoms with Crippen LogP contribution in [0, 0.1) is 13.8 Å². The fraction of sp³-hybridized carbons (Fsp3) is 0.404. The number of nitrogens with zero attached hydrogens (tertiary/aromatic N) is 1. The molecule has 0 amide bonds. The molecule has 4 aliphatic carbocycles. The summed E-state index contributed by atoms with van der Waals surface area (Å²) in [4.78, 5) is 2.77. The van der Waals surface area contributed by atoms with Gasteiger partial charge in [0.15, 0.2) is 0 Å². The van der Waals surface area contributed by atoms with E-state index < -0.39 is 0 Å². The number of hydrogen-bond donors (Lipinski definition) is 0. The molecule has 0 radical (unpaired) electrons. The minimum Gasteiger partial charge on any atom is -0.310 e. The van der Waals surface area contributed by atoms with Gasteiger partial charge < -0.3 is 4.90 Å². The van der Waals surface area contributed by atoms with Gasteiger partial charge in [0.1, 0.15) is 0 Å². The van der Waals surface area contributed by atoms with Crippen LogP contribution < -0.4 is 4.90 Å². The molecule has 0 N–H and O–H groups in total. The van der Waals surface area contributed by atoms with Gasteiger partial charge in [-0.15, -0.1) is 0 Å². The standard InChI is InChI=1S/C104H119N/c1-11-19-27-35-64-104(65-36-28-20-12-2)94-68-74(98-84-38-29-31-40-86(84)99(87-41-32-30-39-85(87)98)89-43-37-45-91-100(89)88-42-33-34-44-90(88)101(91,58-21-13-3)59-22-14-4)48-54-80(94)83-57-51-77(71-97(83)104)105(75-49-55-81-78-52-46-72(9)66-92(78)102(60-23-15-5,61-24-16-6)95(81)69-75)76-50-56-82-79-53-47-73(10)67-93(79)103(62-25-17-7,63-26-18-8)96(82)70-76/h29-34,37-57,66-71H,11-28,35-36,58-65H2,1-10H3. The van der Waals surface area contributed by atoms with Crippen molar-refractivity contribution in [2.24, 2.45) is 0 Å². The lowest BCUT2D eigenvalue weighted by molar-refractivity contribution is 0.401. The molecular formula is C104H119N. The Kier molecular flexibility index (Phi) is 21.3. The molecule has 0 aliphatic heterocycles. The molecule has 15 rings (SSSR count). The van der Waals surface area contributed by atoms with Crippen LogP contribution in [0.5, 0.6) is 0 Å². The molecule has 105 heavy (non-hydrogen) atoms. The molecular weight excluding hydrogens is 1260 g/mol. The van der Waals surface area contributed by atoms with Gasteiger partial charge in [0.2, 0.25) is 0 Å².